The summed E-state index contributed by atoms with van der Waals surface area (Å²) in [7, 11) is 2.71. The average Bonchev–Trinajstić information content (AvgIpc) is 3.33. The second-order valence-corrected chi connectivity index (χ2v) is 11.6. The number of hydrogen-bond donors (Lipinski definition) is 9. The van der Waals surface area contributed by atoms with Crippen LogP contribution in [-0.2, 0) is 4.74 Å². The molecule has 0 aliphatic heterocycles. The lowest BCUT2D eigenvalue weighted by Gasteiger charge is -2.34. The van der Waals surface area contributed by atoms with Gasteiger partial charge in [-0.05, 0) is 44.3 Å². The van der Waals surface area contributed by atoms with Crippen molar-refractivity contribution < 1.29 is 4.74 Å². The van der Waals surface area contributed by atoms with Crippen LogP contribution in [0.25, 0.3) is 0 Å². The first-order valence-electron chi connectivity index (χ1n) is 13.2. The second kappa shape index (κ2) is 11.9. The molecule has 4 aliphatic carbocycles. The summed E-state index contributed by atoms with van der Waals surface area (Å²) in [6, 6.07) is -3.44. The molecule has 2 saturated carbocycles. The smallest absolute Gasteiger partial charge is 0.117 e. The van der Waals surface area contributed by atoms with Crippen LogP contribution in [0.5, 0.6) is 0 Å². The molecule has 224 valence electrons. The van der Waals surface area contributed by atoms with Crippen LogP contribution < -0.4 is 45.9 Å². The molecule has 0 aromatic carbocycles. The van der Waals surface area contributed by atoms with Gasteiger partial charge in [0, 0.05) is 58.7 Å². The van der Waals surface area contributed by atoms with Crippen LogP contribution >= 0.6 is 9.24 Å². The summed E-state index contributed by atoms with van der Waals surface area (Å²) in [5, 5.41) is 8.06. The van der Waals surface area contributed by atoms with E-state index in [1.54, 1.807) is 0 Å². The fourth-order valence-electron chi connectivity index (χ4n) is 7.14. The first-order chi connectivity index (χ1) is 19.9. The van der Waals surface area contributed by atoms with Crippen LogP contribution in [-0.4, -0.2) is 79.5 Å². The number of allylic oxidation sites excluding steroid dienone is 2. The first kappa shape index (κ1) is 31.2. The highest BCUT2D eigenvalue weighted by Gasteiger charge is 2.60. The molecule has 4 rings (SSSR count). The SMILES string of the molecule is C=C=NC1=C(N)C2C(OC3C(N)C(N)C4C(P)C(N=C)=C(N)C(C=N)=C(N)C34)C(N)C(N=C)C2C(N)C(N=C=C)=C1N. The highest BCUT2D eigenvalue weighted by atomic mass is 31.0. The van der Waals surface area contributed by atoms with E-state index in [4.69, 9.17) is 56.0 Å². The quantitative estimate of drug-likeness (QED) is 0.113. The fraction of sp³-hybridized carbons (Fsp3) is 0.444. The summed E-state index contributed by atoms with van der Waals surface area (Å²) in [5.74, 6) is 2.83. The highest BCUT2D eigenvalue weighted by molar-refractivity contribution is 7.18. The summed E-state index contributed by atoms with van der Waals surface area (Å²) >= 11 is 0. The van der Waals surface area contributed by atoms with Crippen molar-refractivity contribution in [2.75, 3.05) is 0 Å². The van der Waals surface area contributed by atoms with Gasteiger partial charge in [-0.3, -0.25) is 9.98 Å². The van der Waals surface area contributed by atoms with Gasteiger partial charge in [-0.2, -0.15) is 0 Å². The van der Waals surface area contributed by atoms with Gasteiger partial charge >= 0.3 is 0 Å². The van der Waals surface area contributed by atoms with E-state index in [1.165, 1.54) is 0 Å². The molecule has 42 heavy (non-hydrogen) atoms. The van der Waals surface area contributed by atoms with E-state index < -0.39 is 60.2 Å². The van der Waals surface area contributed by atoms with E-state index in [0.29, 0.717) is 17.0 Å². The van der Waals surface area contributed by atoms with Crippen LogP contribution in [0.1, 0.15) is 0 Å². The van der Waals surface area contributed by atoms with Crippen molar-refractivity contribution in [3.8, 4) is 0 Å². The van der Waals surface area contributed by atoms with Gasteiger partial charge in [-0.1, -0.05) is 0 Å². The van der Waals surface area contributed by atoms with E-state index >= 15 is 0 Å². The van der Waals surface area contributed by atoms with E-state index in [2.05, 4.69) is 67.5 Å². The van der Waals surface area contributed by atoms with Gasteiger partial charge in [0.25, 0.3) is 0 Å². The van der Waals surface area contributed by atoms with E-state index in [1.807, 2.05) is 0 Å². The number of ether oxygens (including phenoxy) is 1. The predicted molar refractivity (Wildman–Crippen MR) is 171 cm³/mol. The molecule has 0 spiro atoms. The minimum atomic E-state index is -0.809. The summed E-state index contributed by atoms with van der Waals surface area (Å²) in [4.78, 5) is 16.9. The number of nitrogens with zero attached hydrogens (tertiary/aromatic N) is 4. The number of nitrogens with two attached hydrogens (primary N) is 8. The topological polar surface area (TPSA) is 291 Å². The lowest BCUT2D eigenvalue weighted by atomic mass is 9.84. The number of aliphatic imine (C=N–C) groups is 4. The molecule has 4 aliphatic rings. The van der Waals surface area contributed by atoms with Gasteiger partial charge in [0.1, 0.15) is 5.70 Å². The normalized spacial score (nSPS) is 39.9. The van der Waals surface area contributed by atoms with Gasteiger partial charge in [0.05, 0.1) is 53.1 Å². The van der Waals surface area contributed by atoms with Crippen molar-refractivity contribution in [2.24, 2.45) is 89.5 Å². The summed E-state index contributed by atoms with van der Waals surface area (Å²) < 4.78 is 6.85. The standard InChI is InChI=1S/C27H40N13OP/c1-5-39-22-16(32)9-10(17(33)23(19(22)35)40-6-2)26(20(36)21(9)37-3)41-25-11-12(15(31)18(25)34)27(42)24(38-4)14(30)8(7-28)13(11)29/h7,9-12,15-16,18,20-21,25-28H,1-4,29-36,42H2. The lowest BCUT2D eigenvalue weighted by molar-refractivity contribution is -0.0565. The molecule has 0 aromatic rings. The molecule has 13 atom stereocenters. The zero-order valence-corrected chi connectivity index (χ0v) is 24.4. The minimum absolute atomic E-state index is 0.125. The molecule has 13 unspecified atom stereocenters. The number of hydrogen-bond acceptors (Lipinski definition) is 14. The molecule has 0 aromatic heterocycles. The van der Waals surface area contributed by atoms with Crippen LogP contribution in [0.4, 0.5) is 0 Å². The van der Waals surface area contributed by atoms with Crippen molar-refractivity contribution in [2.45, 2.75) is 48.1 Å². The summed E-state index contributed by atoms with van der Waals surface area (Å²) in [6.07, 6.45) is -0.495. The van der Waals surface area contributed by atoms with E-state index in [0.717, 1.165) is 6.21 Å². The molecule has 14 nitrogen and oxygen atoms in total. The number of nitrogens with one attached hydrogen (secondary N) is 1. The zero-order valence-electron chi connectivity index (χ0n) is 23.2. The van der Waals surface area contributed by atoms with Crippen molar-refractivity contribution in [3.63, 3.8) is 0 Å². The van der Waals surface area contributed by atoms with Crippen molar-refractivity contribution in [1.29, 1.82) is 5.41 Å². The Morgan fingerprint density at radius 1 is 0.810 bits per heavy atom. The molecule has 0 amide bonds. The fourth-order valence-corrected chi connectivity index (χ4v) is 7.93. The highest BCUT2D eigenvalue weighted by Crippen LogP contribution is 2.50. The van der Waals surface area contributed by atoms with Crippen molar-refractivity contribution in [1.82, 2.24) is 0 Å². The largest absolute Gasteiger partial charge is 0.401 e. The third kappa shape index (κ3) is 4.50. The van der Waals surface area contributed by atoms with Gasteiger partial charge in [-0.15, -0.1) is 9.24 Å². The monoisotopic (exact) mass is 593 g/mol. The van der Waals surface area contributed by atoms with Gasteiger partial charge in [0.15, 0.2) is 0 Å². The van der Waals surface area contributed by atoms with Crippen molar-refractivity contribution >= 4 is 40.6 Å². The van der Waals surface area contributed by atoms with Crippen LogP contribution in [0.15, 0.2) is 78.6 Å². The molecule has 0 bridgehead atoms. The first-order valence-corrected chi connectivity index (χ1v) is 13.9. The Morgan fingerprint density at radius 3 is 1.95 bits per heavy atom. The Labute approximate surface area is 246 Å². The minimum Gasteiger partial charge on any atom is -0.401 e. The maximum atomic E-state index is 8.06. The second-order valence-electron chi connectivity index (χ2n) is 10.8. The summed E-state index contributed by atoms with van der Waals surface area (Å²) in [6.45, 7) is 14.6. The molecule has 0 saturated heterocycles. The zero-order chi connectivity index (χ0) is 31.2. The predicted octanol–water partition coefficient (Wildman–Crippen LogP) is -2.33. The Kier molecular flexibility index (Phi) is 8.84. The molecule has 2 fully saturated rings. The third-order valence-electron chi connectivity index (χ3n) is 9.06. The van der Waals surface area contributed by atoms with Gasteiger partial charge in [0.2, 0.25) is 0 Å². The number of fused-ring (bicyclic) bond motifs is 2. The average molecular weight is 594 g/mol. The van der Waals surface area contributed by atoms with Crippen LogP contribution in [0, 0.1) is 29.1 Å². The maximum absolute atomic E-state index is 8.06. The van der Waals surface area contributed by atoms with Crippen molar-refractivity contribution in [3.05, 3.63) is 58.6 Å². The molecule has 0 radical (unpaired) electrons. The molecular weight excluding hydrogens is 553 g/mol. The van der Waals surface area contributed by atoms with E-state index in [9.17, 15) is 0 Å². The summed E-state index contributed by atoms with van der Waals surface area (Å²) in [5.41, 5.74) is 55.2. The van der Waals surface area contributed by atoms with Gasteiger partial charge in [-0.25, -0.2) is 9.98 Å². The molecule has 17 N–H and O–H groups in total. The molecule has 0 heterocycles. The number of rotatable bonds is 7. The Morgan fingerprint density at radius 2 is 1.40 bits per heavy atom. The maximum Gasteiger partial charge on any atom is 0.117 e. The van der Waals surface area contributed by atoms with E-state index in [-0.39, 0.29) is 40.1 Å². The third-order valence-corrected chi connectivity index (χ3v) is 9.82. The Balaban J connectivity index is 1.88. The lowest BCUT2D eigenvalue weighted by Crippen LogP contribution is -2.51. The van der Waals surface area contributed by atoms with Crippen LogP contribution in [0.3, 0.4) is 0 Å². The molecular formula is C27H40N13OP. The van der Waals surface area contributed by atoms with Gasteiger partial charge < -0.3 is 56.0 Å². The van der Waals surface area contributed by atoms with Crippen LogP contribution in [0.2, 0.25) is 0 Å². The Bertz CT molecular complexity index is 1420. The Hall–Kier alpha value is -3.70. The molecule has 15 heteroatoms.